The lowest BCUT2D eigenvalue weighted by Crippen LogP contribution is -2.06. The minimum absolute atomic E-state index is 0.128. The zero-order valence-corrected chi connectivity index (χ0v) is 10.9. The van der Waals surface area contributed by atoms with Crippen molar-refractivity contribution in [3.8, 4) is 0 Å². The maximum absolute atomic E-state index is 11.9. The largest absolute Gasteiger partial charge is 0.294 e. The average molecular weight is 241 g/mol. The molecule has 0 aromatic carbocycles. The summed E-state index contributed by atoms with van der Waals surface area (Å²) in [6.45, 7) is 5.73. The quantitative estimate of drug-likeness (QED) is 0.759. The van der Waals surface area contributed by atoms with Crippen LogP contribution in [0, 0.1) is 6.92 Å². The number of hydrogen-bond donors (Lipinski definition) is 0. The van der Waals surface area contributed by atoms with Crippen molar-refractivity contribution in [3.63, 3.8) is 0 Å². The molecular formula is C12H17ClN2O. The number of halogens is 1. The first-order valence-corrected chi connectivity index (χ1v) is 5.75. The summed E-state index contributed by atoms with van der Waals surface area (Å²) in [6.07, 6.45) is 2.96. The van der Waals surface area contributed by atoms with E-state index in [0.29, 0.717) is 11.6 Å². The van der Waals surface area contributed by atoms with Crippen LogP contribution in [0.15, 0.2) is 11.6 Å². The summed E-state index contributed by atoms with van der Waals surface area (Å²) in [6, 6.07) is 0. The summed E-state index contributed by atoms with van der Waals surface area (Å²) < 4.78 is 1.60. The number of aryl methyl sites for hydroxylation is 2. The molecule has 0 radical (unpaired) electrons. The predicted octanol–water partition coefficient (Wildman–Crippen LogP) is 2.85. The van der Waals surface area contributed by atoms with Gasteiger partial charge in [0.25, 0.3) is 0 Å². The van der Waals surface area contributed by atoms with Crippen LogP contribution in [0.4, 0.5) is 0 Å². The van der Waals surface area contributed by atoms with Crippen LogP contribution in [-0.2, 0) is 18.3 Å². The van der Waals surface area contributed by atoms with Crippen LogP contribution in [0.3, 0.4) is 0 Å². The summed E-state index contributed by atoms with van der Waals surface area (Å²) in [5.74, 6) is 0.128. The van der Waals surface area contributed by atoms with Gasteiger partial charge in [-0.2, -0.15) is 5.10 Å². The highest BCUT2D eigenvalue weighted by Gasteiger charge is 2.16. The molecule has 4 heteroatoms. The van der Waals surface area contributed by atoms with Gasteiger partial charge in [0.05, 0.1) is 5.69 Å². The molecule has 1 aromatic heterocycles. The predicted molar refractivity (Wildman–Crippen MR) is 65.7 cm³/mol. The third-order valence-electron chi connectivity index (χ3n) is 2.69. The van der Waals surface area contributed by atoms with Crippen molar-refractivity contribution in [2.75, 3.05) is 0 Å². The Morgan fingerprint density at radius 1 is 1.56 bits per heavy atom. The van der Waals surface area contributed by atoms with Gasteiger partial charge in [-0.15, -0.1) is 0 Å². The molecule has 0 aliphatic carbocycles. The smallest absolute Gasteiger partial charge is 0.163 e. The second kappa shape index (κ2) is 5.30. The summed E-state index contributed by atoms with van der Waals surface area (Å²) in [5, 5.41) is 4.74. The van der Waals surface area contributed by atoms with Crippen molar-refractivity contribution in [3.05, 3.63) is 28.1 Å². The van der Waals surface area contributed by atoms with Gasteiger partial charge in [0.1, 0.15) is 5.15 Å². The van der Waals surface area contributed by atoms with Crippen molar-refractivity contribution in [1.82, 2.24) is 9.78 Å². The number of hydrogen-bond acceptors (Lipinski definition) is 2. The van der Waals surface area contributed by atoms with E-state index in [1.807, 2.05) is 26.8 Å². The third-order valence-corrected chi connectivity index (χ3v) is 3.17. The van der Waals surface area contributed by atoms with E-state index < -0.39 is 0 Å². The lowest BCUT2D eigenvalue weighted by atomic mass is 10.0. The van der Waals surface area contributed by atoms with Gasteiger partial charge in [-0.3, -0.25) is 9.48 Å². The Hall–Kier alpha value is -1.09. The molecule has 1 heterocycles. The van der Waals surface area contributed by atoms with Crippen LogP contribution in [-0.4, -0.2) is 15.6 Å². The normalized spacial score (nSPS) is 11.9. The topological polar surface area (TPSA) is 34.9 Å². The lowest BCUT2D eigenvalue weighted by Gasteiger charge is -2.03. The van der Waals surface area contributed by atoms with Crippen LogP contribution in [0.25, 0.3) is 0 Å². The molecule has 1 rings (SSSR count). The fourth-order valence-corrected chi connectivity index (χ4v) is 1.95. The molecule has 3 nitrogen and oxygen atoms in total. The van der Waals surface area contributed by atoms with E-state index in [0.717, 1.165) is 23.3 Å². The Labute approximate surface area is 101 Å². The van der Waals surface area contributed by atoms with E-state index in [1.54, 1.807) is 11.7 Å². The first-order valence-electron chi connectivity index (χ1n) is 5.37. The molecule has 0 saturated heterocycles. The molecule has 0 amide bonds. The van der Waals surface area contributed by atoms with Crippen LogP contribution in [0.2, 0.25) is 5.15 Å². The Balaban J connectivity index is 2.93. The Kier molecular flexibility index (Phi) is 4.30. The molecule has 0 N–H and O–H groups in total. The molecule has 0 aliphatic rings. The highest BCUT2D eigenvalue weighted by Crippen LogP contribution is 2.20. The maximum atomic E-state index is 11.9. The SMILES string of the molecule is CC=C(CC)C(=O)Cc1c(C)nn(C)c1Cl. The minimum atomic E-state index is 0.128. The first kappa shape index (κ1) is 13.0. The second-order valence-corrected chi connectivity index (χ2v) is 4.10. The van der Waals surface area contributed by atoms with Gasteiger partial charge in [-0.25, -0.2) is 0 Å². The molecule has 0 spiro atoms. The van der Waals surface area contributed by atoms with Gasteiger partial charge in [-0.1, -0.05) is 24.6 Å². The zero-order chi connectivity index (χ0) is 12.3. The average Bonchev–Trinajstić information content (AvgIpc) is 2.47. The van der Waals surface area contributed by atoms with Crippen LogP contribution in [0.5, 0.6) is 0 Å². The molecule has 0 fully saturated rings. The van der Waals surface area contributed by atoms with Gasteiger partial charge in [0, 0.05) is 19.0 Å². The van der Waals surface area contributed by atoms with Gasteiger partial charge in [0.2, 0.25) is 0 Å². The van der Waals surface area contributed by atoms with Crippen LogP contribution < -0.4 is 0 Å². The van der Waals surface area contributed by atoms with Crippen molar-refractivity contribution >= 4 is 17.4 Å². The number of Topliss-reactive ketones (excluding diaryl/α,β-unsaturated/α-hetero) is 1. The fraction of sp³-hybridized carbons (Fsp3) is 0.500. The molecule has 0 unspecified atom stereocenters. The zero-order valence-electron chi connectivity index (χ0n) is 10.2. The molecule has 0 saturated carbocycles. The number of aromatic nitrogens is 2. The van der Waals surface area contributed by atoms with E-state index >= 15 is 0 Å². The van der Waals surface area contributed by atoms with Crippen LogP contribution >= 0.6 is 11.6 Å². The summed E-state index contributed by atoms with van der Waals surface area (Å²) in [7, 11) is 1.78. The van der Waals surface area contributed by atoms with E-state index in [-0.39, 0.29) is 5.78 Å². The standard InChI is InChI=1S/C12H17ClN2O/c1-5-9(6-2)11(16)7-10-8(3)14-15(4)12(10)13/h5H,6-7H2,1-4H3. The van der Waals surface area contributed by atoms with E-state index in [9.17, 15) is 4.79 Å². The van der Waals surface area contributed by atoms with E-state index in [4.69, 9.17) is 11.6 Å². The number of nitrogens with zero attached hydrogens (tertiary/aromatic N) is 2. The van der Waals surface area contributed by atoms with E-state index in [2.05, 4.69) is 5.10 Å². The lowest BCUT2D eigenvalue weighted by molar-refractivity contribution is -0.115. The van der Waals surface area contributed by atoms with Crippen molar-refractivity contribution in [2.24, 2.45) is 7.05 Å². The van der Waals surface area contributed by atoms with E-state index in [1.165, 1.54) is 0 Å². The van der Waals surface area contributed by atoms with Gasteiger partial charge >= 0.3 is 0 Å². The number of ketones is 1. The fourth-order valence-electron chi connectivity index (χ4n) is 1.71. The number of carbonyl (C=O) groups excluding carboxylic acids is 1. The molecule has 0 aliphatic heterocycles. The monoisotopic (exact) mass is 240 g/mol. The van der Waals surface area contributed by atoms with Gasteiger partial charge in [0.15, 0.2) is 5.78 Å². The first-order chi connectivity index (χ1) is 7.51. The highest BCUT2D eigenvalue weighted by atomic mass is 35.5. The summed E-state index contributed by atoms with van der Waals surface area (Å²) in [4.78, 5) is 11.9. The summed E-state index contributed by atoms with van der Waals surface area (Å²) in [5.41, 5.74) is 2.51. The maximum Gasteiger partial charge on any atom is 0.163 e. The molecule has 1 aromatic rings. The summed E-state index contributed by atoms with van der Waals surface area (Å²) >= 11 is 6.08. The van der Waals surface area contributed by atoms with Crippen molar-refractivity contribution < 1.29 is 4.79 Å². The molecule has 16 heavy (non-hydrogen) atoms. The van der Waals surface area contributed by atoms with Gasteiger partial charge in [-0.05, 0) is 25.8 Å². The Morgan fingerprint density at radius 2 is 2.19 bits per heavy atom. The molecule has 0 bridgehead atoms. The third kappa shape index (κ3) is 2.53. The molecular weight excluding hydrogens is 224 g/mol. The Morgan fingerprint density at radius 3 is 2.56 bits per heavy atom. The Bertz CT molecular complexity index is 432. The molecule has 0 atom stereocenters. The minimum Gasteiger partial charge on any atom is -0.294 e. The number of rotatable bonds is 4. The molecule has 88 valence electrons. The number of allylic oxidation sites excluding steroid dienone is 2. The second-order valence-electron chi connectivity index (χ2n) is 3.75. The van der Waals surface area contributed by atoms with Crippen molar-refractivity contribution in [1.29, 1.82) is 0 Å². The van der Waals surface area contributed by atoms with Gasteiger partial charge < -0.3 is 0 Å². The van der Waals surface area contributed by atoms with Crippen molar-refractivity contribution in [2.45, 2.75) is 33.6 Å². The van der Waals surface area contributed by atoms with Crippen LogP contribution in [0.1, 0.15) is 31.5 Å². The number of carbonyl (C=O) groups is 1. The highest BCUT2D eigenvalue weighted by molar-refractivity contribution is 6.30.